The number of para-hydroxylation sites is 1. The molecule has 0 bridgehead atoms. The number of hydrogen-bond acceptors (Lipinski definition) is 6. The fourth-order valence-corrected chi connectivity index (χ4v) is 10.4. The summed E-state index contributed by atoms with van der Waals surface area (Å²) >= 11 is 7.60. The van der Waals surface area contributed by atoms with Crippen molar-refractivity contribution < 1.29 is 0 Å². The summed E-state index contributed by atoms with van der Waals surface area (Å²) in [6.45, 7) is 4.55. The van der Waals surface area contributed by atoms with Gasteiger partial charge in [-0.25, -0.2) is 0 Å². The van der Waals surface area contributed by atoms with Crippen molar-refractivity contribution in [3.63, 3.8) is 0 Å². The zero-order chi connectivity index (χ0) is 32.0. The minimum absolute atomic E-state index is 0.947. The van der Waals surface area contributed by atoms with Gasteiger partial charge in [-0.05, 0) is 86.3 Å². The molecule has 5 heterocycles. The summed E-state index contributed by atoms with van der Waals surface area (Å²) in [6.07, 6.45) is 12.8. The van der Waals surface area contributed by atoms with E-state index in [-0.39, 0.29) is 0 Å². The summed E-state index contributed by atoms with van der Waals surface area (Å²) in [7, 11) is 0. The maximum atomic E-state index is 5.11. The van der Waals surface area contributed by atoms with Crippen LogP contribution in [0.5, 0.6) is 0 Å². The molecule has 0 amide bonds. The molecule has 0 aliphatic rings. The summed E-state index contributed by atoms with van der Waals surface area (Å²) in [5.41, 5.74) is 5.14. The molecule has 0 saturated carbocycles. The molecule has 0 fully saturated rings. The average molecular weight is 692 g/mol. The first kappa shape index (κ1) is 32.2. The molecule has 5 aromatic heterocycles. The van der Waals surface area contributed by atoms with Gasteiger partial charge in [0.2, 0.25) is 0 Å². The van der Waals surface area contributed by atoms with Crippen molar-refractivity contribution in [2.75, 3.05) is 0 Å². The highest BCUT2D eigenvalue weighted by Gasteiger charge is 2.19. The Morgan fingerprint density at radius 1 is 0.447 bits per heavy atom. The summed E-state index contributed by atoms with van der Waals surface area (Å²) in [5.74, 6) is 0. The summed E-state index contributed by atoms with van der Waals surface area (Å²) in [5, 5.41) is 10.2. The molecule has 0 aliphatic carbocycles. The zero-order valence-electron chi connectivity index (χ0n) is 27.2. The molecule has 0 radical (unpaired) electrons. The van der Waals surface area contributed by atoms with Crippen molar-refractivity contribution in [3.8, 4) is 46.1 Å². The molecule has 0 atom stereocenters. The fourth-order valence-electron chi connectivity index (χ4n) is 6.04. The molecule has 0 N–H and O–H groups in total. The Labute approximate surface area is 294 Å². The zero-order valence-corrected chi connectivity index (χ0v) is 30.5. The second-order valence-electron chi connectivity index (χ2n) is 12.2. The molecule has 2 aromatic carbocycles. The third-order valence-corrected chi connectivity index (χ3v) is 13.6. The van der Waals surface area contributed by atoms with Gasteiger partial charge >= 0.3 is 0 Å². The number of nitrogens with zero attached hydrogens (tertiary/aromatic N) is 3. The van der Waals surface area contributed by atoms with E-state index in [0.29, 0.717) is 0 Å². The van der Waals surface area contributed by atoms with Gasteiger partial charge < -0.3 is 0 Å². The predicted molar refractivity (Wildman–Crippen MR) is 208 cm³/mol. The third kappa shape index (κ3) is 7.39. The Morgan fingerprint density at radius 3 is 1.38 bits per heavy atom. The lowest BCUT2D eigenvalue weighted by molar-refractivity contribution is 0.670. The highest BCUT2D eigenvalue weighted by Crippen LogP contribution is 2.44. The Balaban J connectivity index is 1.19. The first-order valence-electron chi connectivity index (χ1n) is 17.0. The molecule has 47 heavy (non-hydrogen) atoms. The minimum atomic E-state index is 0.947. The lowest BCUT2D eigenvalue weighted by Gasteiger charge is -2.03. The van der Waals surface area contributed by atoms with Gasteiger partial charge in [-0.15, -0.1) is 55.5 Å². The molecule has 0 spiro atoms. The van der Waals surface area contributed by atoms with Crippen molar-refractivity contribution >= 4 is 56.4 Å². The van der Waals surface area contributed by atoms with Gasteiger partial charge in [-0.1, -0.05) is 82.7 Å². The van der Waals surface area contributed by atoms with Crippen LogP contribution in [0.25, 0.3) is 57.1 Å². The average Bonchev–Trinajstić information content (AvgIpc) is 3.94. The van der Waals surface area contributed by atoms with Gasteiger partial charge in [-0.2, -0.15) is 4.80 Å². The fraction of sp³-hybridized carbons (Fsp3) is 0.300. The topological polar surface area (TPSA) is 30.7 Å². The standard InChI is InChI=1S/C40H41N3S4/c1-3-5-7-12-16-29-18-22-35(44-29)37-26-24-33(46-37)31-20-21-32(40-39(31)41-43(42-40)28-14-10-9-11-15-28)34-25-27-38(47-34)36-23-19-30(45-36)17-13-8-6-4-2/h9-11,14-15,18-27H,3-8,12-13,16-17H2,1-2H3. The number of rotatable bonds is 15. The smallest absolute Gasteiger partial charge is 0.122 e. The van der Waals surface area contributed by atoms with E-state index in [1.54, 1.807) is 4.80 Å². The van der Waals surface area contributed by atoms with Gasteiger partial charge in [0.15, 0.2) is 0 Å². The maximum Gasteiger partial charge on any atom is 0.122 e. The maximum absolute atomic E-state index is 5.11. The predicted octanol–water partition coefficient (Wildman–Crippen LogP) is 13.6. The van der Waals surface area contributed by atoms with Crippen LogP contribution in [0.3, 0.4) is 0 Å². The quantitative estimate of drug-likeness (QED) is 0.100. The monoisotopic (exact) mass is 691 g/mol. The largest absolute Gasteiger partial charge is 0.150 e. The number of unbranched alkanes of at least 4 members (excludes halogenated alkanes) is 6. The second-order valence-corrected chi connectivity index (χ2v) is 16.7. The molecular weight excluding hydrogens is 651 g/mol. The Bertz CT molecular complexity index is 1910. The van der Waals surface area contributed by atoms with E-state index in [2.05, 4.69) is 86.6 Å². The first-order valence-corrected chi connectivity index (χ1v) is 20.3. The van der Waals surface area contributed by atoms with Gasteiger partial charge in [0, 0.05) is 50.1 Å². The van der Waals surface area contributed by atoms with Crippen LogP contribution in [0.4, 0.5) is 0 Å². The summed E-state index contributed by atoms with van der Waals surface area (Å²) < 4.78 is 0. The van der Waals surface area contributed by atoms with E-state index >= 15 is 0 Å². The van der Waals surface area contributed by atoms with E-state index < -0.39 is 0 Å². The van der Waals surface area contributed by atoms with Crippen molar-refractivity contribution in [1.29, 1.82) is 0 Å². The minimum Gasteiger partial charge on any atom is -0.150 e. The van der Waals surface area contributed by atoms with Crippen LogP contribution in [-0.2, 0) is 12.8 Å². The van der Waals surface area contributed by atoms with Crippen LogP contribution in [0, 0.1) is 0 Å². The Kier molecular flexibility index (Phi) is 10.4. The van der Waals surface area contributed by atoms with Crippen molar-refractivity contribution in [2.24, 2.45) is 0 Å². The van der Waals surface area contributed by atoms with Gasteiger partial charge in [0.05, 0.1) is 5.69 Å². The molecule has 7 heteroatoms. The van der Waals surface area contributed by atoms with Crippen LogP contribution >= 0.6 is 45.3 Å². The molecule has 0 aliphatic heterocycles. The van der Waals surface area contributed by atoms with E-state index in [4.69, 9.17) is 10.2 Å². The Morgan fingerprint density at radius 2 is 0.894 bits per heavy atom. The van der Waals surface area contributed by atoms with Crippen molar-refractivity contribution in [2.45, 2.75) is 78.1 Å². The molecule has 0 unspecified atom stereocenters. The Hall–Kier alpha value is -3.36. The van der Waals surface area contributed by atoms with Crippen molar-refractivity contribution in [3.05, 3.63) is 101 Å². The first-order chi connectivity index (χ1) is 23.2. The SMILES string of the molecule is CCCCCCc1ccc(-c2ccc(-c3ccc(-c4ccc(-c5ccc(CCCCCC)s5)s4)c4nn(-c5ccccc5)nc34)s2)s1. The van der Waals surface area contributed by atoms with Crippen molar-refractivity contribution in [1.82, 2.24) is 15.0 Å². The van der Waals surface area contributed by atoms with Gasteiger partial charge in [-0.3, -0.25) is 0 Å². The number of fused-ring (bicyclic) bond motifs is 1. The summed E-state index contributed by atoms with van der Waals surface area (Å²) in [6, 6.07) is 33.1. The van der Waals surface area contributed by atoms with Crippen LogP contribution in [0.1, 0.15) is 75.0 Å². The van der Waals surface area contributed by atoms with E-state index in [0.717, 1.165) is 27.8 Å². The number of thiophene rings is 4. The lowest BCUT2D eigenvalue weighted by Crippen LogP contribution is -1.97. The number of aryl methyl sites for hydroxylation is 2. The molecule has 7 rings (SSSR count). The summed E-state index contributed by atoms with van der Waals surface area (Å²) in [4.78, 5) is 12.6. The number of benzene rings is 2. The lowest BCUT2D eigenvalue weighted by atomic mass is 10.1. The van der Waals surface area contributed by atoms with Crippen LogP contribution in [-0.4, -0.2) is 15.0 Å². The normalized spacial score (nSPS) is 11.6. The van der Waals surface area contributed by atoms with E-state index in [1.165, 1.54) is 103 Å². The number of hydrogen-bond donors (Lipinski definition) is 0. The van der Waals surface area contributed by atoms with Gasteiger partial charge in [0.1, 0.15) is 11.0 Å². The highest BCUT2D eigenvalue weighted by atomic mass is 32.1. The molecule has 0 saturated heterocycles. The van der Waals surface area contributed by atoms with Crippen LogP contribution < -0.4 is 0 Å². The molecule has 3 nitrogen and oxygen atoms in total. The van der Waals surface area contributed by atoms with E-state index in [1.807, 2.05) is 63.5 Å². The molecule has 240 valence electrons. The molecule has 7 aromatic rings. The highest BCUT2D eigenvalue weighted by molar-refractivity contribution is 7.24. The van der Waals surface area contributed by atoms with E-state index in [9.17, 15) is 0 Å². The second kappa shape index (κ2) is 15.2. The number of aromatic nitrogens is 3. The van der Waals surface area contributed by atoms with Crippen LogP contribution in [0.2, 0.25) is 0 Å². The molecular formula is C40H41N3S4. The third-order valence-electron chi connectivity index (χ3n) is 8.63. The van der Waals surface area contributed by atoms with Crippen LogP contribution in [0.15, 0.2) is 91.0 Å². The van der Waals surface area contributed by atoms with Gasteiger partial charge in [0.25, 0.3) is 0 Å².